The molecule has 0 unspecified atom stereocenters. The number of fused-ring (bicyclic) bond motifs is 1. The SMILES string of the molecule is Nc1cccc(N2CCOc3ccccc32)c1. The second-order valence-electron chi connectivity index (χ2n) is 4.06. The van der Waals surface area contributed by atoms with Gasteiger partial charge in [-0.3, -0.25) is 0 Å². The smallest absolute Gasteiger partial charge is 0.143 e. The molecule has 3 nitrogen and oxygen atoms in total. The van der Waals surface area contributed by atoms with E-state index < -0.39 is 0 Å². The van der Waals surface area contributed by atoms with Crippen LogP contribution in [0, 0.1) is 0 Å². The third kappa shape index (κ3) is 1.80. The zero-order valence-corrected chi connectivity index (χ0v) is 9.47. The van der Waals surface area contributed by atoms with Crippen LogP contribution in [-0.4, -0.2) is 13.2 Å². The van der Waals surface area contributed by atoms with Gasteiger partial charge < -0.3 is 15.4 Å². The Morgan fingerprint density at radius 3 is 2.82 bits per heavy atom. The highest BCUT2D eigenvalue weighted by Crippen LogP contribution is 2.36. The van der Waals surface area contributed by atoms with Gasteiger partial charge in [-0.15, -0.1) is 0 Å². The molecule has 0 spiro atoms. The third-order valence-corrected chi connectivity index (χ3v) is 2.91. The topological polar surface area (TPSA) is 38.5 Å². The Morgan fingerprint density at radius 2 is 1.94 bits per heavy atom. The van der Waals surface area contributed by atoms with E-state index in [4.69, 9.17) is 10.5 Å². The predicted molar refractivity (Wildman–Crippen MR) is 69.8 cm³/mol. The van der Waals surface area contributed by atoms with Crippen LogP contribution in [0.5, 0.6) is 5.75 Å². The Labute approximate surface area is 100 Å². The summed E-state index contributed by atoms with van der Waals surface area (Å²) in [5, 5.41) is 0. The van der Waals surface area contributed by atoms with Crippen molar-refractivity contribution in [3.05, 3.63) is 48.5 Å². The van der Waals surface area contributed by atoms with Gasteiger partial charge in [-0.25, -0.2) is 0 Å². The van der Waals surface area contributed by atoms with Crippen molar-refractivity contribution in [2.45, 2.75) is 0 Å². The van der Waals surface area contributed by atoms with Crippen LogP contribution >= 0.6 is 0 Å². The Balaban J connectivity index is 2.06. The van der Waals surface area contributed by atoms with Crippen LogP contribution < -0.4 is 15.4 Å². The van der Waals surface area contributed by atoms with Crippen molar-refractivity contribution in [2.75, 3.05) is 23.8 Å². The molecule has 0 amide bonds. The molecular formula is C14H14N2O. The number of hydrogen-bond acceptors (Lipinski definition) is 3. The molecule has 3 heteroatoms. The monoisotopic (exact) mass is 226 g/mol. The quantitative estimate of drug-likeness (QED) is 0.760. The summed E-state index contributed by atoms with van der Waals surface area (Å²) in [6, 6.07) is 16.0. The van der Waals surface area contributed by atoms with Gasteiger partial charge in [0.05, 0.1) is 12.2 Å². The van der Waals surface area contributed by atoms with E-state index in [2.05, 4.69) is 17.0 Å². The Kier molecular flexibility index (Phi) is 2.37. The number of para-hydroxylation sites is 2. The molecule has 2 aromatic carbocycles. The van der Waals surface area contributed by atoms with Crippen molar-refractivity contribution in [3.63, 3.8) is 0 Å². The number of nitrogen functional groups attached to an aromatic ring is 1. The minimum atomic E-state index is 0.700. The molecule has 0 atom stereocenters. The molecule has 17 heavy (non-hydrogen) atoms. The van der Waals surface area contributed by atoms with E-state index in [0.717, 1.165) is 29.4 Å². The largest absolute Gasteiger partial charge is 0.490 e. The van der Waals surface area contributed by atoms with Crippen LogP contribution in [0.4, 0.5) is 17.1 Å². The number of nitrogens with zero attached hydrogens (tertiary/aromatic N) is 1. The summed E-state index contributed by atoms with van der Waals surface area (Å²) >= 11 is 0. The van der Waals surface area contributed by atoms with Crippen molar-refractivity contribution in [2.24, 2.45) is 0 Å². The fourth-order valence-electron chi connectivity index (χ4n) is 2.13. The molecule has 1 heterocycles. The molecule has 0 saturated heterocycles. The van der Waals surface area contributed by atoms with Crippen LogP contribution in [-0.2, 0) is 0 Å². The number of nitrogens with two attached hydrogens (primary N) is 1. The highest BCUT2D eigenvalue weighted by molar-refractivity contribution is 5.72. The van der Waals surface area contributed by atoms with Crippen LogP contribution in [0.15, 0.2) is 48.5 Å². The van der Waals surface area contributed by atoms with E-state index in [0.29, 0.717) is 6.61 Å². The summed E-state index contributed by atoms with van der Waals surface area (Å²) in [6.07, 6.45) is 0. The molecule has 2 aromatic rings. The summed E-state index contributed by atoms with van der Waals surface area (Å²) in [5.41, 5.74) is 8.82. The molecule has 0 radical (unpaired) electrons. The van der Waals surface area contributed by atoms with E-state index in [-0.39, 0.29) is 0 Å². The van der Waals surface area contributed by atoms with Gasteiger partial charge in [0.1, 0.15) is 12.4 Å². The second kappa shape index (κ2) is 4.01. The molecular weight excluding hydrogens is 212 g/mol. The first kappa shape index (κ1) is 10.0. The maximum Gasteiger partial charge on any atom is 0.143 e. The number of ether oxygens (including phenoxy) is 1. The van der Waals surface area contributed by atoms with Gasteiger partial charge in [-0.2, -0.15) is 0 Å². The average molecular weight is 226 g/mol. The van der Waals surface area contributed by atoms with Crippen LogP contribution in [0.1, 0.15) is 0 Å². The molecule has 1 aliphatic heterocycles. The van der Waals surface area contributed by atoms with Crippen LogP contribution in [0.25, 0.3) is 0 Å². The molecule has 3 rings (SSSR count). The molecule has 0 aliphatic carbocycles. The van der Waals surface area contributed by atoms with Crippen molar-refractivity contribution < 1.29 is 4.74 Å². The van der Waals surface area contributed by atoms with Gasteiger partial charge >= 0.3 is 0 Å². The van der Waals surface area contributed by atoms with Gasteiger partial charge in [0.15, 0.2) is 0 Å². The molecule has 0 bridgehead atoms. The molecule has 86 valence electrons. The van der Waals surface area contributed by atoms with E-state index in [1.807, 2.05) is 36.4 Å². The Morgan fingerprint density at radius 1 is 1.06 bits per heavy atom. The number of rotatable bonds is 1. The minimum Gasteiger partial charge on any atom is -0.490 e. The lowest BCUT2D eigenvalue weighted by atomic mass is 10.2. The minimum absolute atomic E-state index is 0.700. The van der Waals surface area contributed by atoms with E-state index in [9.17, 15) is 0 Å². The van der Waals surface area contributed by atoms with Crippen molar-refractivity contribution in [1.29, 1.82) is 0 Å². The lowest BCUT2D eigenvalue weighted by Crippen LogP contribution is -2.28. The number of anilines is 3. The molecule has 0 fully saturated rings. The Hall–Kier alpha value is -2.16. The molecule has 2 N–H and O–H groups in total. The maximum atomic E-state index is 5.83. The first-order chi connectivity index (χ1) is 8.34. The Bertz CT molecular complexity index is 539. The normalized spacial score (nSPS) is 14.0. The average Bonchev–Trinajstić information content (AvgIpc) is 2.38. The van der Waals surface area contributed by atoms with Crippen molar-refractivity contribution in [1.82, 2.24) is 0 Å². The maximum absolute atomic E-state index is 5.83. The van der Waals surface area contributed by atoms with E-state index in [1.54, 1.807) is 0 Å². The fourth-order valence-corrected chi connectivity index (χ4v) is 2.13. The predicted octanol–water partition coefficient (Wildman–Crippen LogP) is 2.80. The standard InChI is InChI=1S/C14H14N2O/c15-11-4-3-5-12(10-11)16-8-9-17-14-7-2-1-6-13(14)16/h1-7,10H,8-9,15H2. The molecule has 0 saturated carbocycles. The van der Waals surface area contributed by atoms with Crippen LogP contribution in [0.3, 0.4) is 0 Å². The first-order valence-electron chi connectivity index (χ1n) is 5.69. The van der Waals surface area contributed by atoms with E-state index in [1.165, 1.54) is 0 Å². The highest BCUT2D eigenvalue weighted by Gasteiger charge is 2.18. The summed E-state index contributed by atoms with van der Waals surface area (Å²) in [4.78, 5) is 2.23. The van der Waals surface area contributed by atoms with Gasteiger partial charge in [-0.1, -0.05) is 18.2 Å². The molecule has 1 aliphatic rings. The molecule has 0 aromatic heterocycles. The van der Waals surface area contributed by atoms with Gasteiger partial charge in [0, 0.05) is 11.4 Å². The summed E-state index contributed by atoms with van der Waals surface area (Å²) in [6.45, 7) is 1.55. The third-order valence-electron chi connectivity index (χ3n) is 2.91. The number of hydrogen-bond donors (Lipinski definition) is 1. The summed E-state index contributed by atoms with van der Waals surface area (Å²) in [7, 11) is 0. The van der Waals surface area contributed by atoms with Crippen molar-refractivity contribution >= 4 is 17.1 Å². The lowest BCUT2D eigenvalue weighted by molar-refractivity contribution is 0.314. The fraction of sp³-hybridized carbons (Fsp3) is 0.143. The van der Waals surface area contributed by atoms with Gasteiger partial charge in [0.25, 0.3) is 0 Å². The van der Waals surface area contributed by atoms with Crippen molar-refractivity contribution in [3.8, 4) is 5.75 Å². The van der Waals surface area contributed by atoms with E-state index >= 15 is 0 Å². The highest BCUT2D eigenvalue weighted by atomic mass is 16.5. The summed E-state index contributed by atoms with van der Waals surface area (Å²) in [5.74, 6) is 0.932. The zero-order valence-electron chi connectivity index (χ0n) is 9.47. The zero-order chi connectivity index (χ0) is 11.7. The number of benzene rings is 2. The lowest BCUT2D eigenvalue weighted by Gasteiger charge is -2.31. The second-order valence-corrected chi connectivity index (χ2v) is 4.06. The van der Waals surface area contributed by atoms with Crippen LogP contribution in [0.2, 0.25) is 0 Å². The first-order valence-corrected chi connectivity index (χ1v) is 5.69. The van der Waals surface area contributed by atoms with Gasteiger partial charge in [0.2, 0.25) is 0 Å². The van der Waals surface area contributed by atoms with Gasteiger partial charge in [-0.05, 0) is 30.3 Å². The summed E-state index contributed by atoms with van der Waals surface area (Å²) < 4.78 is 5.63.